The Labute approximate surface area is 94.8 Å². The van der Waals surface area contributed by atoms with Crippen LogP contribution in [-0.2, 0) is 15.2 Å². The van der Waals surface area contributed by atoms with Crippen molar-refractivity contribution in [3.05, 3.63) is 29.8 Å². The predicted molar refractivity (Wildman–Crippen MR) is 58.0 cm³/mol. The first-order chi connectivity index (χ1) is 7.63. The highest BCUT2D eigenvalue weighted by molar-refractivity contribution is 7.61. The van der Waals surface area contributed by atoms with Crippen LogP contribution in [0.5, 0.6) is 0 Å². The maximum atomic E-state index is 11.4. The summed E-state index contributed by atoms with van der Waals surface area (Å²) in [5.41, 5.74) is 0.657. The van der Waals surface area contributed by atoms with Gasteiger partial charge in [-0.1, -0.05) is 6.92 Å². The summed E-state index contributed by atoms with van der Waals surface area (Å²) in [6.07, 6.45) is 0.758. The Morgan fingerprint density at radius 2 is 1.94 bits per heavy atom. The number of carbonyl (C=O) groups is 1. The van der Waals surface area contributed by atoms with Crippen LogP contribution < -0.4 is 0 Å². The van der Waals surface area contributed by atoms with Crippen molar-refractivity contribution in [2.75, 3.05) is 6.61 Å². The van der Waals surface area contributed by atoms with Gasteiger partial charge in [0.1, 0.15) is 0 Å². The van der Waals surface area contributed by atoms with Crippen molar-refractivity contribution in [2.45, 2.75) is 13.3 Å². The summed E-state index contributed by atoms with van der Waals surface area (Å²) in [5, 5.41) is 0. The van der Waals surface area contributed by atoms with Crippen LogP contribution in [0.2, 0.25) is 0 Å². The predicted octanol–water partition coefficient (Wildman–Crippen LogP) is 1.95. The number of carbonyl (C=O) groups excluding carboxylic acids is 1. The Bertz CT molecular complexity index is 482. The molecule has 0 fully saturated rings. The van der Waals surface area contributed by atoms with Crippen molar-refractivity contribution < 1.29 is 17.9 Å². The molecule has 0 aliphatic rings. The molecule has 1 aromatic rings. The molecule has 0 atom stereocenters. The zero-order chi connectivity index (χ0) is 12.0. The second-order valence-electron chi connectivity index (χ2n) is 2.99. The summed E-state index contributed by atoms with van der Waals surface area (Å²) in [6.45, 7) is 2.27. The molecule has 0 N–H and O–H groups in total. The van der Waals surface area contributed by atoms with Gasteiger partial charge in [0.2, 0.25) is 0 Å². The summed E-state index contributed by atoms with van der Waals surface area (Å²) in [7, 11) is -2.48. The van der Waals surface area contributed by atoms with Gasteiger partial charge in [0.25, 0.3) is 0 Å². The molecule has 0 saturated heterocycles. The van der Waals surface area contributed by atoms with E-state index in [9.17, 15) is 13.2 Å². The van der Waals surface area contributed by atoms with Crippen LogP contribution >= 0.6 is 0 Å². The Kier molecular flexibility index (Phi) is 4.65. The van der Waals surface area contributed by atoms with Gasteiger partial charge in [0, 0.05) is 0 Å². The number of hydrogen-bond acceptors (Lipinski definition) is 5. The quantitative estimate of drug-likeness (QED) is 0.755. The van der Waals surface area contributed by atoms with Gasteiger partial charge in [-0.2, -0.15) is 8.42 Å². The van der Waals surface area contributed by atoms with Crippen LogP contribution in [0.3, 0.4) is 0 Å². The minimum Gasteiger partial charge on any atom is -0.462 e. The molecule has 1 aromatic carbocycles. The second-order valence-corrected chi connectivity index (χ2v) is 3.61. The number of hydrogen-bond donors (Lipinski definition) is 0. The van der Waals surface area contributed by atoms with Gasteiger partial charge < -0.3 is 4.74 Å². The average Bonchev–Trinajstić information content (AvgIpc) is 2.26. The highest BCUT2D eigenvalue weighted by atomic mass is 32.2. The van der Waals surface area contributed by atoms with E-state index in [0.717, 1.165) is 6.42 Å². The third kappa shape index (κ3) is 3.82. The summed E-state index contributed by atoms with van der Waals surface area (Å²) < 4.78 is 28.7. The lowest BCUT2D eigenvalue weighted by molar-refractivity contribution is 0.0505. The van der Waals surface area contributed by atoms with Crippen molar-refractivity contribution in [2.24, 2.45) is 4.36 Å². The molecule has 0 aromatic heterocycles. The van der Waals surface area contributed by atoms with Crippen LogP contribution in [-0.4, -0.2) is 21.0 Å². The first-order valence-corrected chi connectivity index (χ1v) is 5.75. The van der Waals surface area contributed by atoms with Crippen LogP contribution in [0.15, 0.2) is 28.6 Å². The molecule has 0 heterocycles. The van der Waals surface area contributed by atoms with Gasteiger partial charge in [-0.05, 0) is 30.7 Å². The topological polar surface area (TPSA) is 72.8 Å². The van der Waals surface area contributed by atoms with Crippen molar-refractivity contribution in [3.8, 4) is 0 Å². The van der Waals surface area contributed by atoms with Crippen LogP contribution in [0.25, 0.3) is 0 Å². The lowest BCUT2D eigenvalue weighted by Crippen LogP contribution is -2.05. The highest BCUT2D eigenvalue weighted by Gasteiger charge is 2.05. The average molecular weight is 241 g/mol. The minimum atomic E-state index is -2.48. The maximum Gasteiger partial charge on any atom is 0.338 e. The zero-order valence-electron chi connectivity index (χ0n) is 8.71. The second kappa shape index (κ2) is 6.02. The lowest BCUT2D eigenvalue weighted by Gasteiger charge is -2.02. The first kappa shape index (κ1) is 12.4. The van der Waals surface area contributed by atoms with Gasteiger partial charge in [0.15, 0.2) is 0 Å². The Balaban J connectivity index is 2.78. The molecular formula is C10H11NO4S. The van der Waals surface area contributed by atoms with Crippen LogP contribution in [0.1, 0.15) is 23.7 Å². The number of rotatable bonds is 4. The Morgan fingerprint density at radius 3 is 2.44 bits per heavy atom. The van der Waals surface area contributed by atoms with Crippen molar-refractivity contribution in [3.63, 3.8) is 0 Å². The number of ether oxygens (including phenoxy) is 1. The molecule has 0 radical (unpaired) electrons. The fourth-order valence-electron chi connectivity index (χ4n) is 1.02. The molecular weight excluding hydrogens is 230 g/mol. The summed E-state index contributed by atoms with van der Waals surface area (Å²) in [6, 6.07) is 5.84. The first-order valence-electron chi connectivity index (χ1n) is 4.71. The van der Waals surface area contributed by atoms with E-state index in [0.29, 0.717) is 12.2 Å². The molecule has 0 aliphatic carbocycles. The van der Waals surface area contributed by atoms with E-state index in [4.69, 9.17) is 4.74 Å². The van der Waals surface area contributed by atoms with E-state index in [2.05, 4.69) is 4.36 Å². The summed E-state index contributed by atoms with van der Waals surface area (Å²) in [4.78, 5) is 11.4. The number of nitrogens with zero attached hydrogens (tertiary/aromatic N) is 1. The molecule has 0 unspecified atom stereocenters. The summed E-state index contributed by atoms with van der Waals surface area (Å²) in [5.74, 6) is -0.420. The SMILES string of the molecule is CCCOC(=O)c1ccc(N=S(=O)=O)cc1. The Morgan fingerprint density at radius 1 is 1.31 bits per heavy atom. The largest absolute Gasteiger partial charge is 0.462 e. The molecule has 0 bridgehead atoms. The maximum absolute atomic E-state index is 11.4. The van der Waals surface area contributed by atoms with E-state index in [-0.39, 0.29) is 5.69 Å². The summed E-state index contributed by atoms with van der Waals surface area (Å²) >= 11 is 0. The number of esters is 1. The smallest absolute Gasteiger partial charge is 0.338 e. The molecule has 0 spiro atoms. The number of benzene rings is 1. The fourth-order valence-corrected chi connectivity index (χ4v) is 1.32. The molecule has 5 nitrogen and oxygen atoms in total. The molecule has 0 saturated carbocycles. The van der Waals surface area contributed by atoms with E-state index < -0.39 is 16.5 Å². The van der Waals surface area contributed by atoms with Crippen LogP contribution in [0, 0.1) is 0 Å². The van der Waals surface area contributed by atoms with Gasteiger partial charge in [0.05, 0.1) is 17.9 Å². The highest BCUT2D eigenvalue weighted by Crippen LogP contribution is 2.13. The molecule has 16 heavy (non-hydrogen) atoms. The molecule has 0 amide bonds. The molecule has 0 aliphatic heterocycles. The van der Waals surface area contributed by atoms with E-state index >= 15 is 0 Å². The zero-order valence-corrected chi connectivity index (χ0v) is 9.53. The lowest BCUT2D eigenvalue weighted by atomic mass is 10.2. The van der Waals surface area contributed by atoms with Crippen molar-refractivity contribution in [1.82, 2.24) is 0 Å². The van der Waals surface area contributed by atoms with Gasteiger partial charge in [-0.15, -0.1) is 4.36 Å². The third-order valence-corrected chi connectivity index (χ3v) is 2.08. The molecule has 86 valence electrons. The van der Waals surface area contributed by atoms with Gasteiger partial charge in [-0.3, -0.25) is 0 Å². The van der Waals surface area contributed by atoms with E-state index in [1.165, 1.54) is 24.3 Å². The third-order valence-electron chi connectivity index (χ3n) is 1.72. The van der Waals surface area contributed by atoms with Gasteiger partial charge >= 0.3 is 16.5 Å². The van der Waals surface area contributed by atoms with E-state index in [1.807, 2.05) is 6.92 Å². The minimum absolute atomic E-state index is 0.278. The normalized spacial score (nSPS) is 9.56. The molecule has 6 heteroatoms. The van der Waals surface area contributed by atoms with Crippen molar-refractivity contribution >= 4 is 22.2 Å². The van der Waals surface area contributed by atoms with Crippen molar-refractivity contribution in [1.29, 1.82) is 0 Å². The fraction of sp³-hybridized carbons (Fsp3) is 0.300. The monoisotopic (exact) mass is 241 g/mol. The van der Waals surface area contributed by atoms with Crippen LogP contribution in [0.4, 0.5) is 5.69 Å². The standard InChI is InChI=1S/C10H11NO4S/c1-2-7-15-10(12)8-3-5-9(6-4-8)11-16(13)14/h3-6H,2,7H2,1H3. The molecule has 1 rings (SSSR count). The van der Waals surface area contributed by atoms with E-state index in [1.54, 1.807) is 0 Å². The van der Waals surface area contributed by atoms with Gasteiger partial charge in [-0.25, -0.2) is 4.79 Å². The Hall–Kier alpha value is -1.69.